The van der Waals surface area contributed by atoms with Gasteiger partial charge in [0.2, 0.25) is 0 Å². The second kappa shape index (κ2) is 2.83. The summed E-state index contributed by atoms with van der Waals surface area (Å²) in [6.45, 7) is 0. The molecule has 3 N–H and O–H groups in total. The molecule has 0 radical (unpaired) electrons. The fourth-order valence-corrected chi connectivity index (χ4v) is 1.43. The zero-order valence-corrected chi connectivity index (χ0v) is 7.04. The molecule has 1 aromatic heterocycles. The monoisotopic (exact) mass is 171 g/mol. The molecule has 0 unspecified atom stereocenters. The number of nitriles is 1. The topological polar surface area (TPSA) is 65.6 Å². The minimum Gasteiger partial charge on any atom is -0.399 e. The van der Waals surface area contributed by atoms with Crippen molar-refractivity contribution in [2.45, 2.75) is 6.42 Å². The van der Waals surface area contributed by atoms with Crippen LogP contribution in [0.25, 0.3) is 10.9 Å². The number of H-pyrrole nitrogens is 1. The standard InChI is InChI=1S/C10H9N3/c11-4-3-7-6-13-10-2-1-8(12)5-9(7)10/h1-2,5-6,13H,3,12H2. The van der Waals surface area contributed by atoms with E-state index >= 15 is 0 Å². The van der Waals surface area contributed by atoms with Crippen LogP contribution in [0.15, 0.2) is 24.4 Å². The number of nitrogens with zero attached hydrogens (tertiary/aromatic N) is 1. The normalized spacial score (nSPS) is 10.1. The molecule has 2 rings (SSSR count). The van der Waals surface area contributed by atoms with Crippen LogP contribution in [0.4, 0.5) is 5.69 Å². The van der Waals surface area contributed by atoms with Crippen LogP contribution >= 0.6 is 0 Å². The van der Waals surface area contributed by atoms with Gasteiger partial charge in [0.05, 0.1) is 12.5 Å². The third kappa shape index (κ3) is 1.23. The number of nitrogens with one attached hydrogen (secondary N) is 1. The molecule has 0 saturated heterocycles. The summed E-state index contributed by atoms with van der Waals surface area (Å²) in [5.74, 6) is 0. The first-order valence-electron chi connectivity index (χ1n) is 4.03. The summed E-state index contributed by atoms with van der Waals surface area (Å²) in [5, 5.41) is 9.61. The maximum atomic E-state index is 8.57. The summed E-state index contributed by atoms with van der Waals surface area (Å²) >= 11 is 0. The number of nitrogens with two attached hydrogens (primary N) is 1. The van der Waals surface area contributed by atoms with Crippen molar-refractivity contribution in [3.8, 4) is 6.07 Å². The van der Waals surface area contributed by atoms with Gasteiger partial charge >= 0.3 is 0 Å². The summed E-state index contributed by atoms with van der Waals surface area (Å²) in [7, 11) is 0. The Kier molecular flexibility index (Phi) is 1.67. The van der Waals surface area contributed by atoms with E-state index in [-0.39, 0.29) is 0 Å². The van der Waals surface area contributed by atoms with E-state index in [2.05, 4.69) is 11.1 Å². The molecule has 0 amide bonds. The Hall–Kier alpha value is -1.95. The molecule has 64 valence electrons. The largest absolute Gasteiger partial charge is 0.399 e. The molecule has 1 heterocycles. The SMILES string of the molecule is N#CCc1c[nH]c2ccc(N)cc12. The van der Waals surface area contributed by atoms with E-state index in [0.717, 1.165) is 22.2 Å². The van der Waals surface area contributed by atoms with Crippen LogP contribution in [-0.4, -0.2) is 4.98 Å². The number of aromatic amines is 1. The number of hydrogen-bond donors (Lipinski definition) is 2. The lowest BCUT2D eigenvalue weighted by atomic mass is 10.1. The maximum absolute atomic E-state index is 8.57. The Morgan fingerprint density at radius 2 is 2.31 bits per heavy atom. The Bertz CT molecular complexity index is 476. The van der Waals surface area contributed by atoms with Gasteiger partial charge in [0.15, 0.2) is 0 Å². The van der Waals surface area contributed by atoms with E-state index in [0.29, 0.717) is 6.42 Å². The fourth-order valence-electron chi connectivity index (χ4n) is 1.43. The lowest BCUT2D eigenvalue weighted by molar-refractivity contribution is 1.28. The molecular formula is C10H9N3. The number of hydrogen-bond acceptors (Lipinski definition) is 2. The first-order chi connectivity index (χ1) is 6.31. The second-order valence-electron chi connectivity index (χ2n) is 2.95. The molecule has 3 heteroatoms. The van der Waals surface area contributed by atoms with Crippen molar-refractivity contribution < 1.29 is 0 Å². The number of aromatic nitrogens is 1. The van der Waals surface area contributed by atoms with Crippen LogP contribution in [0.1, 0.15) is 5.56 Å². The molecule has 0 spiro atoms. The van der Waals surface area contributed by atoms with Crippen molar-refractivity contribution in [1.29, 1.82) is 5.26 Å². The van der Waals surface area contributed by atoms with Gasteiger partial charge in [-0.2, -0.15) is 5.26 Å². The Morgan fingerprint density at radius 3 is 3.08 bits per heavy atom. The molecule has 1 aromatic carbocycles. The third-order valence-electron chi connectivity index (χ3n) is 2.06. The first-order valence-corrected chi connectivity index (χ1v) is 4.03. The van der Waals surface area contributed by atoms with Crippen LogP contribution < -0.4 is 5.73 Å². The number of anilines is 1. The van der Waals surface area contributed by atoms with Crippen LogP contribution in [0.2, 0.25) is 0 Å². The van der Waals surface area contributed by atoms with Gasteiger partial charge in [-0.25, -0.2) is 0 Å². The van der Waals surface area contributed by atoms with Crippen LogP contribution in [0, 0.1) is 11.3 Å². The second-order valence-corrected chi connectivity index (χ2v) is 2.95. The zero-order valence-electron chi connectivity index (χ0n) is 7.04. The molecule has 0 bridgehead atoms. The predicted octanol–water partition coefficient (Wildman–Crippen LogP) is 1.82. The molecule has 2 aromatic rings. The van der Waals surface area contributed by atoms with E-state index in [9.17, 15) is 0 Å². The summed E-state index contributed by atoms with van der Waals surface area (Å²) in [4.78, 5) is 3.09. The van der Waals surface area contributed by atoms with Crippen molar-refractivity contribution in [3.05, 3.63) is 30.0 Å². The van der Waals surface area contributed by atoms with E-state index in [1.165, 1.54) is 0 Å². The molecule has 0 fully saturated rings. The quantitative estimate of drug-likeness (QED) is 0.642. The van der Waals surface area contributed by atoms with Gasteiger partial charge in [0.1, 0.15) is 0 Å². The highest BCUT2D eigenvalue weighted by atomic mass is 14.7. The summed E-state index contributed by atoms with van der Waals surface area (Å²) in [6, 6.07) is 7.77. The van der Waals surface area contributed by atoms with Crippen LogP contribution in [0.3, 0.4) is 0 Å². The number of nitrogen functional groups attached to an aromatic ring is 1. The van der Waals surface area contributed by atoms with E-state index in [1.807, 2.05) is 24.4 Å². The van der Waals surface area contributed by atoms with Gasteiger partial charge in [0, 0.05) is 22.8 Å². The molecule has 0 aliphatic carbocycles. The zero-order chi connectivity index (χ0) is 9.26. The molecule has 0 aliphatic rings. The van der Waals surface area contributed by atoms with Gasteiger partial charge in [-0.3, -0.25) is 0 Å². The van der Waals surface area contributed by atoms with Gasteiger partial charge in [-0.15, -0.1) is 0 Å². The lowest BCUT2D eigenvalue weighted by Gasteiger charge is -1.94. The number of benzene rings is 1. The van der Waals surface area contributed by atoms with Crippen molar-refractivity contribution in [2.75, 3.05) is 5.73 Å². The highest BCUT2D eigenvalue weighted by Crippen LogP contribution is 2.20. The summed E-state index contributed by atoms with van der Waals surface area (Å²) in [5.41, 5.74) is 8.41. The average molecular weight is 171 g/mol. The Balaban J connectivity index is 2.66. The van der Waals surface area contributed by atoms with E-state index in [4.69, 9.17) is 11.0 Å². The Morgan fingerprint density at radius 1 is 1.46 bits per heavy atom. The molecular weight excluding hydrogens is 162 g/mol. The van der Waals surface area contributed by atoms with Crippen LogP contribution in [0.5, 0.6) is 0 Å². The number of fused-ring (bicyclic) bond motifs is 1. The van der Waals surface area contributed by atoms with Gasteiger partial charge in [-0.1, -0.05) is 0 Å². The van der Waals surface area contributed by atoms with E-state index < -0.39 is 0 Å². The lowest BCUT2D eigenvalue weighted by Crippen LogP contribution is -1.84. The Labute approximate surface area is 75.8 Å². The summed E-state index contributed by atoms with van der Waals surface area (Å²) in [6.07, 6.45) is 2.27. The highest BCUT2D eigenvalue weighted by molar-refractivity contribution is 5.86. The molecule has 0 saturated carbocycles. The van der Waals surface area contributed by atoms with Crippen molar-refractivity contribution in [3.63, 3.8) is 0 Å². The van der Waals surface area contributed by atoms with Crippen molar-refractivity contribution in [2.24, 2.45) is 0 Å². The highest BCUT2D eigenvalue weighted by Gasteiger charge is 2.02. The molecule has 13 heavy (non-hydrogen) atoms. The maximum Gasteiger partial charge on any atom is 0.0670 e. The minimum absolute atomic E-state index is 0.420. The molecule has 0 atom stereocenters. The van der Waals surface area contributed by atoms with Gasteiger partial charge < -0.3 is 10.7 Å². The summed E-state index contributed by atoms with van der Waals surface area (Å²) < 4.78 is 0. The smallest absolute Gasteiger partial charge is 0.0670 e. The minimum atomic E-state index is 0.420. The number of rotatable bonds is 1. The third-order valence-corrected chi connectivity index (χ3v) is 2.06. The molecule has 0 aliphatic heterocycles. The predicted molar refractivity (Wildman–Crippen MR) is 52.0 cm³/mol. The average Bonchev–Trinajstić information content (AvgIpc) is 2.49. The fraction of sp³-hybridized carbons (Fsp3) is 0.100. The van der Waals surface area contributed by atoms with Crippen LogP contribution in [-0.2, 0) is 6.42 Å². The first kappa shape index (κ1) is 7.69. The van der Waals surface area contributed by atoms with Crippen molar-refractivity contribution in [1.82, 2.24) is 4.98 Å². The van der Waals surface area contributed by atoms with Gasteiger partial charge in [-0.05, 0) is 23.8 Å². The molecule has 3 nitrogen and oxygen atoms in total. The van der Waals surface area contributed by atoms with Gasteiger partial charge in [0.25, 0.3) is 0 Å². The van der Waals surface area contributed by atoms with E-state index in [1.54, 1.807) is 0 Å². The van der Waals surface area contributed by atoms with Crippen molar-refractivity contribution >= 4 is 16.6 Å².